The van der Waals surface area contributed by atoms with Crippen LogP contribution in [0.5, 0.6) is 0 Å². The van der Waals surface area contributed by atoms with Crippen molar-refractivity contribution in [1.29, 1.82) is 0 Å². The Labute approximate surface area is 186 Å². The molecule has 0 saturated carbocycles. The zero-order valence-corrected chi connectivity index (χ0v) is 20.5. The normalized spacial score (nSPS) is 13.5. The van der Waals surface area contributed by atoms with Gasteiger partial charge < -0.3 is 10.6 Å². The van der Waals surface area contributed by atoms with Crippen molar-refractivity contribution in [3.8, 4) is 0 Å². The summed E-state index contributed by atoms with van der Waals surface area (Å²) in [6.07, 6.45) is 1.65. The number of hydrogen-bond donors (Lipinski definition) is 3. The van der Waals surface area contributed by atoms with Gasteiger partial charge in [0.05, 0.1) is 18.1 Å². The van der Waals surface area contributed by atoms with Gasteiger partial charge in [-0.3, -0.25) is 4.99 Å². The van der Waals surface area contributed by atoms with Crippen molar-refractivity contribution in [3.05, 3.63) is 35.9 Å². The van der Waals surface area contributed by atoms with Gasteiger partial charge in [-0.15, -0.1) is 24.0 Å². The molecule has 0 radical (unpaired) electrons. The Kier molecular flexibility index (Phi) is 12.9. The minimum absolute atomic E-state index is 0. The average molecular weight is 546 g/mol. The molecule has 0 amide bonds. The molecule has 28 heavy (non-hydrogen) atoms. The first kappa shape index (κ1) is 27.1. The Hall–Kier alpha value is -0.920. The maximum absolute atomic E-state index is 12.1. The third-order valence-corrected chi connectivity index (χ3v) is 5.90. The molecule has 0 bridgehead atoms. The number of sulfonamides is 1. The summed E-state index contributed by atoms with van der Waals surface area (Å²) in [6.45, 7) is 4.71. The molecular formula is C17H31IN4O4S2. The fourth-order valence-electron chi connectivity index (χ4n) is 2.16. The van der Waals surface area contributed by atoms with E-state index in [9.17, 15) is 16.8 Å². The minimum atomic E-state index is -3.44. The number of aliphatic imine (C=N–C) groups is 1. The zero-order chi connectivity index (χ0) is 20.3. The molecule has 0 fully saturated rings. The quantitative estimate of drug-likeness (QED) is 0.218. The second-order valence-corrected chi connectivity index (χ2v) is 10.5. The van der Waals surface area contributed by atoms with E-state index in [1.807, 2.05) is 44.2 Å². The molecule has 1 atom stereocenters. The second kappa shape index (κ2) is 13.3. The molecule has 0 saturated heterocycles. The maximum Gasteiger partial charge on any atom is 0.213 e. The van der Waals surface area contributed by atoms with Gasteiger partial charge in [0.1, 0.15) is 9.84 Å². The molecule has 3 N–H and O–H groups in total. The first-order valence-corrected chi connectivity index (χ1v) is 12.6. The van der Waals surface area contributed by atoms with Crippen molar-refractivity contribution >= 4 is 49.8 Å². The summed E-state index contributed by atoms with van der Waals surface area (Å²) in [6, 6.07) is 9.18. The van der Waals surface area contributed by atoms with Crippen LogP contribution < -0.4 is 15.4 Å². The van der Waals surface area contributed by atoms with E-state index in [1.165, 1.54) is 6.26 Å². The van der Waals surface area contributed by atoms with E-state index in [4.69, 9.17) is 0 Å². The van der Waals surface area contributed by atoms with E-state index in [0.29, 0.717) is 18.9 Å². The second-order valence-electron chi connectivity index (χ2n) is 6.35. The van der Waals surface area contributed by atoms with Crippen LogP contribution in [0.15, 0.2) is 35.3 Å². The van der Waals surface area contributed by atoms with Gasteiger partial charge in [0.2, 0.25) is 10.0 Å². The molecule has 162 valence electrons. The highest BCUT2D eigenvalue weighted by Crippen LogP contribution is 1.99. The average Bonchev–Trinajstić information content (AvgIpc) is 2.59. The van der Waals surface area contributed by atoms with Gasteiger partial charge in [-0.25, -0.2) is 21.6 Å². The predicted molar refractivity (Wildman–Crippen MR) is 125 cm³/mol. The summed E-state index contributed by atoms with van der Waals surface area (Å²) in [4.78, 5) is 4.26. The summed E-state index contributed by atoms with van der Waals surface area (Å²) in [7, 11) is -6.46. The first-order chi connectivity index (χ1) is 12.6. The highest BCUT2D eigenvalue weighted by molar-refractivity contribution is 14.0. The van der Waals surface area contributed by atoms with Gasteiger partial charge >= 0.3 is 0 Å². The Morgan fingerprint density at radius 1 is 1.11 bits per heavy atom. The van der Waals surface area contributed by atoms with Crippen molar-refractivity contribution in [2.45, 2.75) is 32.9 Å². The summed E-state index contributed by atoms with van der Waals surface area (Å²) in [5.41, 5.74) is 0.888. The molecule has 1 aromatic carbocycles. The SMILES string of the molecule is CCNC(=NCCS(=O)(=O)NCc1ccccc1)NC(C)CCS(C)(=O)=O.I. The molecule has 0 aliphatic rings. The Morgan fingerprint density at radius 3 is 2.32 bits per heavy atom. The molecule has 0 heterocycles. The van der Waals surface area contributed by atoms with Crippen LogP contribution in [0.3, 0.4) is 0 Å². The smallest absolute Gasteiger partial charge is 0.213 e. The number of sulfone groups is 1. The lowest BCUT2D eigenvalue weighted by Gasteiger charge is -2.17. The summed E-state index contributed by atoms with van der Waals surface area (Å²) >= 11 is 0. The number of hydrogen-bond acceptors (Lipinski definition) is 5. The lowest BCUT2D eigenvalue weighted by Crippen LogP contribution is -2.43. The van der Waals surface area contributed by atoms with Crippen LogP contribution in [0.2, 0.25) is 0 Å². The van der Waals surface area contributed by atoms with Crippen LogP contribution in [0.1, 0.15) is 25.8 Å². The molecule has 0 aliphatic carbocycles. The minimum Gasteiger partial charge on any atom is -0.357 e. The van der Waals surface area contributed by atoms with Crippen LogP contribution >= 0.6 is 24.0 Å². The van der Waals surface area contributed by atoms with E-state index < -0.39 is 19.9 Å². The number of nitrogens with one attached hydrogen (secondary N) is 3. The molecule has 1 rings (SSSR count). The fraction of sp³-hybridized carbons (Fsp3) is 0.588. The van der Waals surface area contributed by atoms with Gasteiger partial charge in [-0.1, -0.05) is 30.3 Å². The van der Waals surface area contributed by atoms with E-state index in [0.717, 1.165) is 5.56 Å². The van der Waals surface area contributed by atoms with Crippen LogP contribution in [0.4, 0.5) is 0 Å². The largest absolute Gasteiger partial charge is 0.357 e. The van der Waals surface area contributed by atoms with Crippen molar-refractivity contribution in [1.82, 2.24) is 15.4 Å². The summed E-state index contributed by atoms with van der Waals surface area (Å²) in [5.74, 6) is 0.420. The molecule has 0 aromatic heterocycles. The Morgan fingerprint density at radius 2 is 1.75 bits per heavy atom. The van der Waals surface area contributed by atoms with Crippen LogP contribution in [-0.2, 0) is 26.4 Å². The highest BCUT2D eigenvalue weighted by Gasteiger charge is 2.11. The number of benzene rings is 1. The number of rotatable bonds is 11. The number of guanidine groups is 1. The third kappa shape index (κ3) is 13.3. The highest BCUT2D eigenvalue weighted by atomic mass is 127. The van der Waals surface area contributed by atoms with Gasteiger partial charge in [0.15, 0.2) is 5.96 Å². The maximum atomic E-state index is 12.1. The van der Waals surface area contributed by atoms with E-state index in [-0.39, 0.29) is 54.6 Å². The van der Waals surface area contributed by atoms with E-state index >= 15 is 0 Å². The van der Waals surface area contributed by atoms with Crippen LogP contribution in [-0.4, -0.2) is 59.7 Å². The molecule has 8 nitrogen and oxygen atoms in total. The molecular weight excluding hydrogens is 515 g/mol. The van der Waals surface area contributed by atoms with Gasteiger partial charge in [-0.2, -0.15) is 0 Å². The molecule has 0 spiro atoms. The number of halogens is 1. The molecule has 1 aromatic rings. The summed E-state index contributed by atoms with van der Waals surface area (Å²) < 4.78 is 49.2. The molecule has 1 unspecified atom stereocenters. The zero-order valence-electron chi connectivity index (χ0n) is 16.5. The molecule has 11 heteroatoms. The van der Waals surface area contributed by atoms with Gasteiger partial charge in [0, 0.05) is 25.4 Å². The first-order valence-electron chi connectivity index (χ1n) is 8.85. The Bertz CT molecular complexity index is 800. The van der Waals surface area contributed by atoms with Gasteiger partial charge in [-0.05, 0) is 25.8 Å². The van der Waals surface area contributed by atoms with Gasteiger partial charge in [0.25, 0.3) is 0 Å². The van der Waals surface area contributed by atoms with Crippen molar-refractivity contribution in [2.75, 3.05) is 30.9 Å². The van der Waals surface area contributed by atoms with E-state index in [1.54, 1.807) is 0 Å². The van der Waals surface area contributed by atoms with Crippen molar-refractivity contribution in [2.24, 2.45) is 4.99 Å². The fourth-order valence-corrected chi connectivity index (χ4v) is 3.80. The molecule has 0 aliphatic heterocycles. The van der Waals surface area contributed by atoms with Crippen LogP contribution in [0.25, 0.3) is 0 Å². The van der Waals surface area contributed by atoms with E-state index in [2.05, 4.69) is 20.3 Å². The Balaban J connectivity index is 0.00000729. The summed E-state index contributed by atoms with van der Waals surface area (Å²) in [5, 5.41) is 6.12. The lowest BCUT2D eigenvalue weighted by atomic mass is 10.2. The predicted octanol–water partition coefficient (Wildman–Crippen LogP) is 1.10. The van der Waals surface area contributed by atoms with Crippen molar-refractivity contribution < 1.29 is 16.8 Å². The number of nitrogens with zero attached hydrogens (tertiary/aromatic N) is 1. The third-order valence-electron chi connectivity index (χ3n) is 3.62. The topological polar surface area (TPSA) is 117 Å². The lowest BCUT2D eigenvalue weighted by molar-refractivity contribution is 0.578. The standard InChI is InChI=1S/C17H30N4O4S2.HI/c1-4-18-17(21-15(2)10-12-26(3,22)23)19-11-13-27(24,25)20-14-16-8-6-5-7-9-16;/h5-9,15,20H,4,10-14H2,1-3H3,(H2,18,19,21);1H. The van der Waals surface area contributed by atoms with Crippen LogP contribution in [0, 0.1) is 0 Å². The van der Waals surface area contributed by atoms with Crippen molar-refractivity contribution in [3.63, 3.8) is 0 Å². The monoisotopic (exact) mass is 546 g/mol.